The van der Waals surface area contributed by atoms with Crippen LogP contribution in [0, 0.1) is 0 Å². The zero-order valence-corrected chi connectivity index (χ0v) is 30.9. The molecule has 4 aromatic carbocycles. The van der Waals surface area contributed by atoms with E-state index in [2.05, 4.69) is 20.5 Å². The number of aliphatic hydroxyl groups is 1. The lowest BCUT2D eigenvalue weighted by Gasteiger charge is -2.32. The van der Waals surface area contributed by atoms with Crippen LogP contribution in [0.4, 0.5) is 16.2 Å². The number of halogens is 1. The van der Waals surface area contributed by atoms with E-state index in [1.54, 1.807) is 31.3 Å². The molecule has 0 unspecified atom stereocenters. The zero-order chi connectivity index (χ0) is 38.2. The number of likely N-dealkylation sites (tertiary alicyclic amines) is 1. The predicted octanol–water partition coefficient (Wildman–Crippen LogP) is 6.45. The summed E-state index contributed by atoms with van der Waals surface area (Å²) in [5, 5.41) is 28.1. The fourth-order valence-corrected chi connectivity index (χ4v) is 7.04. The number of phenols is 1. The second-order valence-corrected chi connectivity index (χ2v) is 13.6. The van der Waals surface area contributed by atoms with Gasteiger partial charge in [-0.2, -0.15) is 0 Å². The molecule has 282 valence electrons. The number of benzene rings is 4. The number of aliphatic hydroxyl groups excluding tert-OH is 1. The number of anilines is 2. The highest BCUT2D eigenvalue weighted by Gasteiger charge is 2.25. The van der Waals surface area contributed by atoms with E-state index in [1.807, 2.05) is 54.6 Å². The Kier molecular flexibility index (Phi) is 12.5. The number of fused-ring (bicyclic) bond motifs is 1. The van der Waals surface area contributed by atoms with Crippen molar-refractivity contribution in [3.8, 4) is 22.6 Å². The van der Waals surface area contributed by atoms with Crippen molar-refractivity contribution in [3.63, 3.8) is 0 Å². The third-order valence-corrected chi connectivity index (χ3v) is 10.0. The fraction of sp³-hybridized carbons (Fsp3) is 0.293. The molecule has 2 amide bonds. The highest BCUT2D eigenvalue weighted by atomic mass is 35.5. The van der Waals surface area contributed by atoms with Crippen molar-refractivity contribution in [2.24, 2.45) is 0 Å². The molecule has 1 fully saturated rings. The Labute approximate surface area is 318 Å². The van der Waals surface area contributed by atoms with Crippen molar-refractivity contribution in [3.05, 3.63) is 117 Å². The Bertz CT molecular complexity index is 2150. The number of nitrogens with one attached hydrogen (secondary N) is 3. The number of aromatic amines is 1. The monoisotopic (exact) mass is 753 g/mol. The summed E-state index contributed by atoms with van der Waals surface area (Å²) in [6.07, 6.45) is -0.0271. The number of aromatic nitrogens is 1. The van der Waals surface area contributed by atoms with Gasteiger partial charge in [0.2, 0.25) is 11.5 Å². The van der Waals surface area contributed by atoms with Crippen molar-refractivity contribution < 1.29 is 29.3 Å². The molecule has 0 bridgehead atoms. The first-order chi connectivity index (χ1) is 26.1. The molecule has 0 aliphatic carbocycles. The van der Waals surface area contributed by atoms with E-state index in [0.717, 1.165) is 16.7 Å². The minimum atomic E-state index is -0.936. The number of hydrogen-bond acceptors (Lipinski definition) is 9. The standard InChI is InChI=1S/C41H44ClN5O7/c1-46(34-23-37(53-2)27(22-32(34)42)24-43-25-36(49)30-12-14-35(48)40-31(30)13-15-38(50)45-40)39(51)18-21-47-19-16-28(17-20-47)54-41(52)44-33-11-7-6-10-29(33)26-8-4-3-5-9-26/h3-15,22-23,28,36,43,48-49H,16-21,24-25H2,1-2H3,(H,44,52)(H,45,50)/t36-/m0/s1. The smallest absolute Gasteiger partial charge is 0.411 e. The molecule has 0 radical (unpaired) electrons. The molecule has 5 aromatic rings. The average molecular weight is 754 g/mol. The Morgan fingerprint density at radius 3 is 2.52 bits per heavy atom. The molecule has 0 spiro atoms. The van der Waals surface area contributed by atoms with Crippen LogP contribution in [0.25, 0.3) is 22.0 Å². The van der Waals surface area contributed by atoms with Crippen molar-refractivity contribution >= 4 is 45.9 Å². The van der Waals surface area contributed by atoms with Crippen LogP contribution in [-0.2, 0) is 16.1 Å². The number of rotatable bonds is 13. The van der Waals surface area contributed by atoms with Gasteiger partial charge in [-0.25, -0.2) is 4.79 Å². The summed E-state index contributed by atoms with van der Waals surface area (Å²) < 4.78 is 11.4. The van der Waals surface area contributed by atoms with Crippen LogP contribution in [0.2, 0.25) is 5.02 Å². The second-order valence-electron chi connectivity index (χ2n) is 13.2. The Morgan fingerprint density at radius 1 is 1.02 bits per heavy atom. The largest absolute Gasteiger partial charge is 0.506 e. The van der Waals surface area contributed by atoms with Gasteiger partial charge in [0, 0.05) is 74.8 Å². The van der Waals surface area contributed by atoms with Crippen LogP contribution in [0.1, 0.15) is 36.5 Å². The van der Waals surface area contributed by atoms with Gasteiger partial charge in [-0.15, -0.1) is 0 Å². The minimum Gasteiger partial charge on any atom is -0.506 e. The minimum absolute atomic E-state index is 0.0788. The molecule has 13 heteroatoms. The fourth-order valence-electron chi connectivity index (χ4n) is 6.73. The molecule has 2 heterocycles. The van der Waals surface area contributed by atoms with Crippen LogP contribution in [0.3, 0.4) is 0 Å². The van der Waals surface area contributed by atoms with Crippen molar-refractivity contribution in [2.75, 3.05) is 50.6 Å². The highest BCUT2D eigenvalue weighted by molar-refractivity contribution is 6.34. The van der Waals surface area contributed by atoms with Crippen LogP contribution >= 0.6 is 11.6 Å². The van der Waals surface area contributed by atoms with E-state index in [4.69, 9.17) is 21.1 Å². The maximum Gasteiger partial charge on any atom is 0.411 e. The number of phenolic OH excluding ortho intramolecular Hbond substituents is 1. The van der Waals surface area contributed by atoms with Gasteiger partial charge in [-0.1, -0.05) is 66.2 Å². The van der Waals surface area contributed by atoms with Gasteiger partial charge in [0.15, 0.2) is 0 Å². The third kappa shape index (κ3) is 9.20. The maximum absolute atomic E-state index is 13.3. The van der Waals surface area contributed by atoms with Gasteiger partial charge >= 0.3 is 6.09 Å². The van der Waals surface area contributed by atoms with Gasteiger partial charge < -0.3 is 39.8 Å². The number of carbonyl (C=O) groups excluding carboxylic acids is 2. The number of piperidine rings is 1. The number of hydrogen-bond donors (Lipinski definition) is 5. The van der Waals surface area contributed by atoms with Crippen molar-refractivity contribution in [1.82, 2.24) is 15.2 Å². The summed E-state index contributed by atoms with van der Waals surface area (Å²) in [4.78, 5) is 44.2. The predicted molar refractivity (Wildman–Crippen MR) is 210 cm³/mol. The summed E-state index contributed by atoms with van der Waals surface area (Å²) in [7, 11) is 3.22. The molecule has 1 saturated heterocycles. The Balaban J connectivity index is 0.966. The van der Waals surface area contributed by atoms with Gasteiger partial charge in [-0.05, 0) is 48.2 Å². The van der Waals surface area contributed by atoms with Crippen LogP contribution < -0.4 is 25.8 Å². The first-order valence-electron chi connectivity index (χ1n) is 17.8. The maximum atomic E-state index is 13.3. The molecule has 0 saturated carbocycles. The van der Waals surface area contributed by atoms with E-state index < -0.39 is 12.2 Å². The molecular weight excluding hydrogens is 710 g/mol. The lowest BCUT2D eigenvalue weighted by molar-refractivity contribution is -0.118. The molecule has 1 aliphatic heterocycles. The van der Waals surface area contributed by atoms with Gasteiger partial charge in [0.25, 0.3) is 0 Å². The first kappa shape index (κ1) is 38.3. The third-order valence-electron chi connectivity index (χ3n) is 9.70. The van der Waals surface area contributed by atoms with E-state index >= 15 is 0 Å². The van der Waals surface area contributed by atoms with Crippen molar-refractivity contribution in [2.45, 2.75) is 38.0 Å². The number of pyridine rings is 1. The number of H-pyrrole nitrogens is 1. The Morgan fingerprint density at radius 2 is 1.76 bits per heavy atom. The highest BCUT2D eigenvalue weighted by Crippen LogP contribution is 2.34. The number of amides is 2. The van der Waals surface area contributed by atoms with E-state index in [0.29, 0.717) is 72.1 Å². The van der Waals surface area contributed by atoms with Crippen LogP contribution in [-0.4, -0.2) is 78.5 Å². The van der Waals surface area contributed by atoms with Gasteiger partial charge in [0.05, 0.1) is 35.1 Å². The van der Waals surface area contributed by atoms with Crippen LogP contribution in [0.5, 0.6) is 11.5 Å². The molecule has 1 atom stereocenters. The SMILES string of the molecule is COc1cc(N(C)C(=O)CCN2CCC(OC(=O)Nc3ccccc3-c3ccccc3)CC2)c(Cl)cc1CNC[C@H](O)c1ccc(O)c2[nH]c(=O)ccc12. The van der Waals surface area contributed by atoms with Crippen molar-refractivity contribution in [1.29, 1.82) is 0 Å². The van der Waals surface area contributed by atoms with Gasteiger partial charge in [-0.3, -0.25) is 14.9 Å². The summed E-state index contributed by atoms with van der Waals surface area (Å²) in [5.41, 5.74) is 4.32. The number of nitrogens with zero attached hydrogens (tertiary/aromatic N) is 2. The summed E-state index contributed by atoms with van der Waals surface area (Å²) >= 11 is 6.69. The first-order valence-corrected chi connectivity index (χ1v) is 18.2. The molecule has 12 nitrogen and oxygen atoms in total. The zero-order valence-electron chi connectivity index (χ0n) is 30.2. The molecule has 6 rings (SSSR count). The summed E-state index contributed by atoms with van der Waals surface area (Å²) in [6.45, 7) is 2.43. The molecule has 1 aromatic heterocycles. The lowest BCUT2D eigenvalue weighted by atomic mass is 10.0. The summed E-state index contributed by atoms with van der Waals surface area (Å²) in [5.74, 6) is 0.341. The van der Waals surface area contributed by atoms with Gasteiger partial charge in [0.1, 0.15) is 17.6 Å². The number of methoxy groups -OCH3 is 1. The molecule has 54 heavy (non-hydrogen) atoms. The molecular formula is C41H44ClN5O7. The normalized spacial score (nSPS) is 14.1. The van der Waals surface area contributed by atoms with E-state index in [9.17, 15) is 24.6 Å². The number of carbonyl (C=O) groups is 2. The molecule has 5 N–H and O–H groups in total. The number of para-hydroxylation sites is 1. The summed E-state index contributed by atoms with van der Waals surface area (Å²) in [6, 6.07) is 26.9. The Hall–Kier alpha value is -5.40. The number of aromatic hydroxyl groups is 1. The number of ether oxygens (including phenoxy) is 2. The second kappa shape index (κ2) is 17.6. The molecule has 1 aliphatic rings. The van der Waals surface area contributed by atoms with E-state index in [1.165, 1.54) is 24.1 Å². The average Bonchev–Trinajstić information content (AvgIpc) is 3.18. The topological polar surface area (TPSA) is 156 Å². The van der Waals surface area contributed by atoms with Crippen LogP contribution in [0.15, 0.2) is 95.8 Å². The quantitative estimate of drug-likeness (QED) is 0.0912. The van der Waals surface area contributed by atoms with E-state index in [-0.39, 0.29) is 41.8 Å². The lowest BCUT2D eigenvalue weighted by Crippen LogP contribution is -2.40.